The highest BCUT2D eigenvalue weighted by Gasteiger charge is 2.23. The molecular formula is C21H25ClN2O2. The molecule has 138 valence electrons. The van der Waals surface area contributed by atoms with Crippen molar-refractivity contribution in [1.82, 2.24) is 10.2 Å². The number of benzene rings is 2. The second kappa shape index (κ2) is 9.06. The van der Waals surface area contributed by atoms with Crippen molar-refractivity contribution >= 4 is 17.5 Å². The Labute approximate surface area is 160 Å². The molecule has 0 saturated carbocycles. The topological polar surface area (TPSA) is 41.6 Å². The van der Waals surface area contributed by atoms with E-state index in [1.54, 1.807) is 31.4 Å². The quantitative estimate of drug-likeness (QED) is 0.821. The van der Waals surface area contributed by atoms with Crippen LogP contribution in [0.2, 0.25) is 5.02 Å². The van der Waals surface area contributed by atoms with Crippen LogP contribution in [0.3, 0.4) is 0 Å². The molecule has 0 aromatic heterocycles. The molecule has 3 rings (SSSR count). The summed E-state index contributed by atoms with van der Waals surface area (Å²) in [6.07, 6.45) is 3.68. The van der Waals surface area contributed by atoms with Crippen LogP contribution in [-0.4, -0.2) is 37.6 Å². The first-order valence-corrected chi connectivity index (χ1v) is 9.47. The van der Waals surface area contributed by atoms with Crippen LogP contribution in [0.1, 0.15) is 41.2 Å². The highest BCUT2D eigenvalue weighted by Crippen LogP contribution is 2.27. The predicted octanol–water partition coefficient (Wildman–Crippen LogP) is 4.31. The first-order chi connectivity index (χ1) is 12.7. The molecule has 0 radical (unpaired) electrons. The third-order valence-electron chi connectivity index (χ3n) is 4.87. The first-order valence-electron chi connectivity index (χ1n) is 9.09. The minimum atomic E-state index is -0.0772. The number of rotatable bonds is 6. The van der Waals surface area contributed by atoms with Crippen LogP contribution in [-0.2, 0) is 0 Å². The molecule has 0 bridgehead atoms. The maximum atomic E-state index is 12.5. The minimum absolute atomic E-state index is 0.0772. The summed E-state index contributed by atoms with van der Waals surface area (Å²) in [5, 5.41) is 3.72. The molecule has 1 saturated heterocycles. The van der Waals surface area contributed by atoms with Crippen LogP contribution >= 0.6 is 11.6 Å². The number of carbonyl (C=O) groups excluding carboxylic acids is 1. The molecule has 2 aromatic carbocycles. The number of amides is 1. The summed E-state index contributed by atoms with van der Waals surface area (Å²) in [5.74, 6) is 0.764. The number of halogens is 1. The summed E-state index contributed by atoms with van der Waals surface area (Å²) < 4.78 is 5.38. The molecule has 1 aliphatic rings. The van der Waals surface area contributed by atoms with Crippen molar-refractivity contribution in [3.63, 3.8) is 0 Å². The van der Waals surface area contributed by atoms with Gasteiger partial charge in [-0.05, 0) is 67.9 Å². The molecule has 1 unspecified atom stereocenters. The van der Waals surface area contributed by atoms with E-state index in [2.05, 4.69) is 22.3 Å². The van der Waals surface area contributed by atoms with Crippen LogP contribution < -0.4 is 10.1 Å². The monoisotopic (exact) mass is 372 g/mol. The van der Waals surface area contributed by atoms with Gasteiger partial charge in [0.2, 0.25) is 0 Å². The zero-order valence-electron chi connectivity index (χ0n) is 15.1. The molecule has 1 fully saturated rings. The van der Waals surface area contributed by atoms with Crippen molar-refractivity contribution in [3.05, 3.63) is 64.7 Å². The van der Waals surface area contributed by atoms with E-state index in [9.17, 15) is 4.79 Å². The van der Waals surface area contributed by atoms with Crippen LogP contribution in [0.25, 0.3) is 0 Å². The molecule has 1 N–H and O–H groups in total. The van der Waals surface area contributed by atoms with Crippen molar-refractivity contribution in [1.29, 1.82) is 0 Å². The molecule has 1 aliphatic heterocycles. The predicted molar refractivity (Wildman–Crippen MR) is 105 cm³/mol. The van der Waals surface area contributed by atoms with Gasteiger partial charge in [-0.3, -0.25) is 9.69 Å². The number of hydrogen-bond donors (Lipinski definition) is 1. The first kappa shape index (κ1) is 18.7. The summed E-state index contributed by atoms with van der Waals surface area (Å²) in [6, 6.07) is 15.2. The highest BCUT2D eigenvalue weighted by atomic mass is 35.5. The number of nitrogens with one attached hydrogen (secondary N) is 1. The van der Waals surface area contributed by atoms with Gasteiger partial charge in [0.15, 0.2) is 0 Å². The average molecular weight is 373 g/mol. The van der Waals surface area contributed by atoms with Gasteiger partial charge < -0.3 is 10.1 Å². The van der Waals surface area contributed by atoms with Crippen LogP contribution in [0.15, 0.2) is 48.5 Å². The van der Waals surface area contributed by atoms with Crippen LogP contribution in [0, 0.1) is 0 Å². The normalized spacial score (nSPS) is 16.1. The Bertz CT molecular complexity index is 727. The lowest BCUT2D eigenvalue weighted by molar-refractivity contribution is 0.0924. The number of carbonyl (C=O) groups is 1. The highest BCUT2D eigenvalue weighted by molar-refractivity contribution is 6.30. The van der Waals surface area contributed by atoms with Crippen molar-refractivity contribution < 1.29 is 9.53 Å². The van der Waals surface area contributed by atoms with Gasteiger partial charge in [-0.15, -0.1) is 0 Å². The number of ether oxygens (including phenoxy) is 1. The summed E-state index contributed by atoms with van der Waals surface area (Å²) >= 11 is 5.90. The molecule has 1 heterocycles. The lowest BCUT2D eigenvalue weighted by atomic mass is 10.0. The Hall–Kier alpha value is -2.04. The fraction of sp³-hybridized carbons (Fsp3) is 0.381. The summed E-state index contributed by atoms with van der Waals surface area (Å²) in [4.78, 5) is 15.0. The summed E-state index contributed by atoms with van der Waals surface area (Å²) in [7, 11) is 1.68. The van der Waals surface area contributed by atoms with E-state index in [0.717, 1.165) is 18.8 Å². The Kier molecular flexibility index (Phi) is 6.53. The minimum Gasteiger partial charge on any atom is -0.497 e. The number of methoxy groups -OCH3 is 1. The average Bonchev–Trinajstić information content (AvgIpc) is 2.69. The molecule has 26 heavy (non-hydrogen) atoms. The van der Waals surface area contributed by atoms with Crippen molar-refractivity contribution in [2.24, 2.45) is 0 Å². The fourth-order valence-electron chi connectivity index (χ4n) is 3.43. The van der Waals surface area contributed by atoms with Gasteiger partial charge in [0.1, 0.15) is 5.75 Å². The Morgan fingerprint density at radius 3 is 2.58 bits per heavy atom. The van der Waals surface area contributed by atoms with Gasteiger partial charge in [0.25, 0.3) is 5.91 Å². The van der Waals surface area contributed by atoms with Crippen molar-refractivity contribution in [2.45, 2.75) is 25.3 Å². The van der Waals surface area contributed by atoms with E-state index in [1.807, 2.05) is 12.1 Å². The van der Waals surface area contributed by atoms with E-state index in [0.29, 0.717) is 17.1 Å². The second-order valence-electron chi connectivity index (χ2n) is 6.61. The molecule has 0 spiro atoms. The lowest BCUT2D eigenvalue weighted by Gasteiger charge is -2.35. The molecule has 5 heteroatoms. The summed E-state index contributed by atoms with van der Waals surface area (Å²) in [6.45, 7) is 2.67. The molecule has 1 amide bonds. The van der Waals surface area contributed by atoms with Crippen molar-refractivity contribution in [2.75, 3.05) is 26.7 Å². The molecule has 2 aromatic rings. The Balaban J connectivity index is 1.74. The maximum Gasteiger partial charge on any atom is 0.251 e. The maximum absolute atomic E-state index is 12.5. The van der Waals surface area contributed by atoms with Gasteiger partial charge >= 0.3 is 0 Å². The van der Waals surface area contributed by atoms with Crippen LogP contribution in [0.5, 0.6) is 5.75 Å². The van der Waals surface area contributed by atoms with Gasteiger partial charge in [0.05, 0.1) is 13.2 Å². The van der Waals surface area contributed by atoms with E-state index in [1.165, 1.54) is 24.8 Å². The number of hydrogen-bond acceptors (Lipinski definition) is 3. The van der Waals surface area contributed by atoms with Gasteiger partial charge in [-0.2, -0.15) is 0 Å². The molecule has 4 nitrogen and oxygen atoms in total. The zero-order valence-corrected chi connectivity index (χ0v) is 15.8. The Morgan fingerprint density at radius 1 is 1.15 bits per heavy atom. The van der Waals surface area contributed by atoms with Crippen LogP contribution in [0.4, 0.5) is 0 Å². The summed E-state index contributed by atoms with van der Waals surface area (Å²) in [5.41, 5.74) is 1.79. The number of nitrogens with zero attached hydrogens (tertiary/aromatic N) is 1. The largest absolute Gasteiger partial charge is 0.497 e. The smallest absolute Gasteiger partial charge is 0.251 e. The lowest BCUT2D eigenvalue weighted by Crippen LogP contribution is -2.40. The number of piperidine rings is 1. The van der Waals surface area contributed by atoms with Crippen molar-refractivity contribution in [3.8, 4) is 5.75 Å². The molecule has 0 aliphatic carbocycles. The fourth-order valence-corrected chi connectivity index (χ4v) is 3.56. The van der Waals surface area contributed by atoms with Gasteiger partial charge in [-0.1, -0.05) is 30.2 Å². The number of likely N-dealkylation sites (tertiary alicyclic amines) is 1. The van der Waals surface area contributed by atoms with E-state index in [-0.39, 0.29) is 11.9 Å². The third-order valence-corrected chi connectivity index (χ3v) is 5.12. The SMILES string of the molecule is COc1cccc(C(CNC(=O)c2ccc(Cl)cc2)N2CCCCC2)c1. The van der Waals surface area contributed by atoms with Gasteiger partial charge in [0, 0.05) is 17.1 Å². The molecule has 1 atom stereocenters. The van der Waals surface area contributed by atoms with E-state index in [4.69, 9.17) is 16.3 Å². The third kappa shape index (κ3) is 4.77. The Morgan fingerprint density at radius 2 is 1.88 bits per heavy atom. The second-order valence-corrected chi connectivity index (χ2v) is 7.04. The van der Waals surface area contributed by atoms with E-state index < -0.39 is 0 Å². The van der Waals surface area contributed by atoms with Gasteiger partial charge in [-0.25, -0.2) is 0 Å². The zero-order chi connectivity index (χ0) is 18.4. The van der Waals surface area contributed by atoms with E-state index >= 15 is 0 Å². The standard InChI is InChI=1S/C21H25ClN2O2/c1-26-19-7-5-6-17(14-19)20(24-12-3-2-4-13-24)15-23-21(25)16-8-10-18(22)11-9-16/h5-11,14,20H,2-4,12-13,15H2,1H3,(H,23,25). The molecular weight excluding hydrogens is 348 g/mol.